The summed E-state index contributed by atoms with van der Waals surface area (Å²) >= 11 is 0. The second-order valence-electron chi connectivity index (χ2n) is 5.26. The highest BCUT2D eigenvalue weighted by Gasteiger charge is 2.35. The van der Waals surface area contributed by atoms with Crippen LogP contribution in [0.4, 0.5) is 5.95 Å². The molecule has 3 N–H and O–H groups in total. The van der Waals surface area contributed by atoms with E-state index >= 15 is 0 Å². The molecule has 96 valence electrons. The second kappa shape index (κ2) is 4.55. The summed E-state index contributed by atoms with van der Waals surface area (Å²) in [5.41, 5.74) is 1.97. The molecule has 2 heterocycles. The van der Waals surface area contributed by atoms with E-state index in [0.717, 1.165) is 17.3 Å². The first-order valence-corrected chi connectivity index (χ1v) is 6.70. The first-order valence-electron chi connectivity index (χ1n) is 6.70. The molecule has 5 nitrogen and oxygen atoms in total. The van der Waals surface area contributed by atoms with Crippen molar-refractivity contribution in [2.45, 2.75) is 51.6 Å². The lowest BCUT2D eigenvalue weighted by atomic mass is 9.92. The Morgan fingerprint density at radius 3 is 2.67 bits per heavy atom. The number of aromatic nitrogens is 2. The molecule has 0 bridgehead atoms. The van der Waals surface area contributed by atoms with Crippen molar-refractivity contribution in [3.05, 3.63) is 17.5 Å². The molecule has 1 aliphatic heterocycles. The van der Waals surface area contributed by atoms with E-state index in [1.165, 1.54) is 25.7 Å². The average Bonchev–Trinajstić information content (AvgIpc) is 2.69. The number of nitrogens with zero attached hydrogens (tertiary/aromatic N) is 2. The van der Waals surface area contributed by atoms with Gasteiger partial charge in [-0.1, -0.05) is 0 Å². The molecule has 1 fully saturated rings. The third-order valence-corrected chi connectivity index (χ3v) is 3.64. The van der Waals surface area contributed by atoms with Crippen molar-refractivity contribution in [2.24, 2.45) is 0 Å². The van der Waals surface area contributed by atoms with Gasteiger partial charge in [0.1, 0.15) is 12.1 Å². The van der Waals surface area contributed by atoms with Crippen LogP contribution in [0.15, 0.2) is 6.07 Å². The lowest BCUT2D eigenvalue weighted by Crippen LogP contribution is -2.79. The fourth-order valence-electron chi connectivity index (χ4n) is 2.85. The number of hydrogen-bond donors (Lipinski definition) is 3. The number of guanidine groups is 1. The summed E-state index contributed by atoms with van der Waals surface area (Å²) in [5.74, 6) is 1.62. The maximum Gasteiger partial charge on any atom is 0.351 e. The van der Waals surface area contributed by atoms with Crippen molar-refractivity contribution in [3.8, 4) is 0 Å². The van der Waals surface area contributed by atoms with E-state index in [0.29, 0.717) is 18.0 Å². The summed E-state index contributed by atoms with van der Waals surface area (Å²) < 4.78 is 0. The summed E-state index contributed by atoms with van der Waals surface area (Å²) in [5, 5.41) is 6.75. The van der Waals surface area contributed by atoms with Crippen LogP contribution in [0, 0.1) is 13.8 Å². The SMILES string of the molecule is Cc1cc(C)nc(NC2=[NH+][C@@H]3CCCC[C@H]3N2)n1. The van der Waals surface area contributed by atoms with E-state index in [2.05, 4.69) is 25.6 Å². The van der Waals surface area contributed by atoms with Gasteiger partial charge in [-0.15, -0.1) is 0 Å². The zero-order valence-electron chi connectivity index (χ0n) is 11.0. The number of hydrogen-bond acceptors (Lipinski definition) is 4. The molecule has 0 saturated heterocycles. The molecule has 3 rings (SSSR count). The highest BCUT2D eigenvalue weighted by molar-refractivity contribution is 5.88. The van der Waals surface area contributed by atoms with Crippen molar-refractivity contribution >= 4 is 11.9 Å². The van der Waals surface area contributed by atoms with E-state index in [1.54, 1.807) is 0 Å². The van der Waals surface area contributed by atoms with Gasteiger partial charge >= 0.3 is 5.96 Å². The fraction of sp³-hybridized carbons (Fsp3) is 0.615. The first-order chi connectivity index (χ1) is 8.70. The Morgan fingerprint density at radius 1 is 1.22 bits per heavy atom. The lowest BCUT2D eigenvalue weighted by Gasteiger charge is -2.19. The molecule has 1 aliphatic carbocycles. The Kier molecular flexibility index (Phi) is 2.89. The largest absolute Gasteiger partial charge is 0.351 e. The van der Waals surface area contributed by atoms with Gasteiger partial charge in [-0.2, -0.15) is 0 Å². The molecule has 0 amide bonds. The van der Waals surface area contributed by atoms with Gasteiger partial charge in [0, 0.05) is 11.4 Å². The number of rotatable bonds is 1. The van der Waals surface area contributed by atoms with Crippen LogP contribution in [0.25, 0.3) is 0 Å². The van der Waals surface area contributed by atoms with E-state index in [1.807, 2.05) is 19.9 Å². The highest BCUT2D eigenvalue weighted by atomic mass is 15.3. The maximum absolute atomic E-state index is 4.39. The third-order valence-electron chi connectivity index (χ3n) is 3.64. The van der Waals surface area contributed by atoms with Crippen LogP contribution in [0.2, 0.25) is 0 Å². The van der Waals surface area contributed by atoms with E-state index in [-0.39, 0.29) is 0 Å². The van der Waals surface area contributed by atoms with Gasteiger partial charge in [0.25, 0.3) is 5.95 Å². The average molecular weight is 246 g/mol. The molecule has 1 aromatic rings. The topological polar surface area (TPSA) is 63.8 Å². The Bertz CT molecular complexity index is 462. The third kappa shape index (κ3) is 2.30. The van der Waals surface area contributed by atoms with Gasteiger partial charge in [0.15, 0.2) is 0 Å². The van der Waals surface area contributed by atoms with Gasteiger partial charge in [-0.3, -0.25) is 10.3 Å². The summed E-state index contributed by atoms with van der Waals surface area (Å²) in [7, 11) is 0. The van der Waals surface area contributed by atoms with Crippen LogP contribution in [0.1, 0.15) is 37.1 Å². The minimum absolute atomic E-state index is 0.562. The Labute approximate surface area is 107 Å². The van der Waals surface area contributed by atoms with Gasteiger partial charge in [-0.05, 0) is 45.6 Å². The Morgan fingerprint density at radius 2 is 1.94 bits per heavy atom. The predicted molar refractivity (Wildman–Crippen MR) is 70.3 cm³/mol. The summed E-state index contributed by atoms with van der Waals surface area (Å²) in [6.45, 7) is 3.97. The summed E-state index contributed by atoms with van der Waals surface area (Å²) in [4.78, 5) is 12.3. The van der Waals surface area contributed by atoms with Gasteiger partial charge in [0.05, 0.1) is 0 Å². The molecule has 2 atom stereocenters. The monoisotopic (exact) mass is 246 g/mol. The molecule has 5 heteroatoms. The van der Waals surface area contributed by atoms with Crippen molar-refractivity contribution in [2.75, 3.05) is 5.32 Å². The zero-order chi connectivity index (χ0) is 12.5. The fourth-order valence-corrected chi connectivity index (χ4v) is 2.85. The molecule has 0 spiro atoms. The van der Waals surface area contributed by atoms with E-state index in [9.17, 15) is 0 Å². The number of anilines is 1. The van der Waals surface area contributed by atoms with Crippen molar-refractivity contribution < 1.29 is 4.99 Å². The van der Waals surface area contributed by atoms with Crippen LogP contribution in [0.5, 0.6) is 0 Å². The smallest absolute Gasteiger partial charge is 0.271 e. The first kappa shape index (κ1) is 11.4. The second-order valence-corrected chi connectivity index (χ2v) is 5.26. The lowest BCUT2D eigenvalue weighted by molar-refractivity contribution is -0.498. The summed E-state index contributed by atoms with van der Waals surface area (Å²) in [6, 6.07) is 3.10. The van der Waals surface area contributed by atoms with E-state index < -0.39 is 0 Å². The zero-order valence-corrected chi connectivity index (χ0v) is 11.0. The predicted octanol–water partition coefficient (Wildman–Crippen LogP) is -0.144. The van der Waals surface area contributed by atoms with Crippen LogP contribution in [0.3, 0.4) is 0 Å². The minimum atomic E-state index is 0.562. The molecule has 1 aromatic heterocycles. The molecule has 18 heavy (non-hydrogen) atoms. The van der Waals surface area contributed by atoms with Crippen molar-refractivity contribution in [3.63, 3.8) is 0 Å². The van der Waals surface area contributed by atoms with E-state index in [4.69, 9.17) is 0 Å². The molecule has 0 aromatic carbocycles. The Balaban J connectivity index is 1.73. The van der Waals surface area contributed by atoms with Crippen LogP contribution >= 0.6 is 0 Å². The van der Waals surface area contributed by atoms with Gasteiger partial charge < -0.3 is 0 Å². The highest BCUT2D eigenvalue weighted by Crippen LogP contribution is 2.17. The molecule has 0 unspecified atom stereocenters. The molecule has 0 radical (unpaired) electrons. The molecule has 2 aliphatic rings. The number of fused-ring (bicyclic) bond motifs is 1. The van der Waals surface area contributed by atoms with Crippen LogP contribution in [-0.2, 0) is 0 Å². The van der Waals surface area contributed by atoms with Gasteiger partial charge in [0.2, 0.25) is 0 Å². The van der Waals surface area contributed by atoms with Crippen LogP contribution < -0.4 is 15.6 Å². The Hall–Kier alpha value is -1.65. The molecular weight excluding hydrogens is 226 g/mol. The quantitative estimate of drug-likeness (QED) is 0.645. The normalized spacial score (nSPS) is 26.2. The summed E-state index contributed by atoms with van der Waals surface area (Å²) in [6.07, 6.45) is 5.14. The molecule has 1 saturated carbocycles. The standard InChI is InChI=1S/C13H19N5/c1-8-7-9(2)15-12(14-8)18-13-16-10-5-3-4-6-11(10)17-13/h7,10-11H,3-6H2,1-2H3,(H2,14,15,16,17,18)/p+1/t10-,11-/m1/s1. The van der Waals surface area contributed by atoms with Crippen LogP contribution in [-0.4, -0.2) is 28.0 Å². The van der Waals surface area contributed by atoms with Crippen molar-refractivity contribution in [1.29, 1.82) is 0 Å². The number of nitrogens with one attached hydrogen (secondary N) is 3. The minimum Gasteiger partial charge on any atom is -0.271 e. The molecular formula is C13H20N5+. The van der Waals surface area contributed by atoms with Crippen molar-refractivity contribution in [1.82, 2.24) is 15.3 Å². The maximum atomic E-state index is 4.39. The van der Waals surface area contributed by atoms with Gasteiger partial charge in [-0.25, -0.2) is 15.3 Å². The number of aryl methyl sites for hydroxylation is 2.